The van der Waals surface area contributed by atoms with Gasteiger partial charge in [-0.05, 0) is 24.5 Å². The molecule has 94 valence electrons. The lowest BCUT2D eigenvalue weighted by atomic mass is 9.91. The Morgan fingerprint density at radius 2 is 2.00 bits per heavy atom. The van der Waals surface area contributed by atoms with Crippen LogP contribution in [-0.2, 0) is 6.54 Å². The fourth-order valence-corrected chi connectivity index (χ4v) is 2.75. The van der Waals surface area contributed by atoms with Crippen molar-refractivity contribution in [2.75, 3.05) is 11.9 Å². The summed E-state index contributed by atoms with van der Waals surface area (Å²) in [4.78, 5) is 2.20. The van der Waals surface area contributed by atoms with E-state index in [1.165, 1.54) is 6.42 Å². The van der Waals surface area contributed by atoms with Gasteiger partial charge in [0.2, 0.25) is 0 Å². The largest absolute Gasteiger partial charge is 0.391 e. The first-order chi connectivity index (χ1) is 8.24. The molecule has 0 bridgehead atoms. The fourth-order valence-electron chi connectivity index (χ4n) is 2.75. The van der Waals surface area contributed by atoms with E-state index in [0.717, 1.165) is 30.5 Å². The number of anilines is 1. The highest BCUT2D eigenvalue weighted by atomic mass is 16.3. The summed E-state index contributed by atoms with van der Waals surface area (Å²) in [7, 11) is 2.06. The van der Waals surface area contributed by atoms with Crippen molar-refractivity contribution < 1.29 is 5.11 Å². The van der Waals surface area contributed by atoms with Crippen molar-refractivity contribution in [3.05, 3.63) is 29.8 Å². The molecular weight excluding hydrogens is 212 g/mol. The molecule has 0 aliphatic heterocycles. The van der Waals surface area contributed by atoms with Crippen molar-refractivity contribution in [2.45, 2.75) is 44.4 Å². The van der Waals surface area contributed by atoms with Gasteiger partial charge in [-0.3, -0.25) is 0 Å². The van der Waals surface area contributed by atoms with Gasteiger partial charge in [-0.2, -0.15) is 0 Å². The van der Waals surface area contributed by atoms with Crippen molar-refractivity contribution in [3.63, 3.8) is 0 Å². The Kier molecular flexibility index (Phi) is 4.02. The third kappa shape index (κ3) is 2.61. The standard InChI is InChI=1S/C14H22N2O/c1-16(13-8-4-5-9-14(13)17)12-7-3-2-6-11(12)10-15/h2-3,6-7,13-14,17H,4-5,8-10,15H2,1H3. The molecule has 0 aromatic heterocycles. The van der Waals surface area contributed by atoms with Gasteiger partial charge >= 0.3 is 0 Å². The van der Waals surface area contributed by atoms with Gasteiger partial charge < -0.3 is 15.7 Å². The van der Waals surface area contributed by atoms with Crippen LogP contribution in [0.25, 0.3) is 0 Å². The van der Waals surface area contributed by atoms with Gasteiger partial charge in [0, 0.05) is 19.3 Å². The zero-order valence-electron chi connectivity index (χ0n) is 10.5. The van der Waals surface area contributed by atoms with Gasteiger partial charge in [-0.25, -0.2) is 0 Å². The molecule has 2 unspecified atom stereocenters. The van der Waals surface area contributed by atoms with Crippen LogP contribution in [0.2, 0.25) is 0 Å². The number of hydrogen-bond donors (Lipinski definition) is 2. The molecule has 1 aromatic carbocycles. The molecule has 0 spiro atoms. The van der Waals surface area contributed by atoms with Crippen LogP contribution in [0, 0.1) is 0 Å². The Bertz CT molecular complexity index is 367. The van der Waals surface area contributed by atoms with E-state index in [-0.39, 0.29) is 12.1 Å². The Morgan fingerprint density at radius 3 is 2.71 bits per heavy atom. The maximum absolute atomic E-state index is 10.1. The highest BCUT2D eigenvalue weighted by Crippen LogP contribution is 2.28. The number of hydrogen-bond acceptors (Lipinski definition) is 3. The van der Waals surface area contributed by atoms with E-state index in [4.69, 9.17) is 5.73 Å². The minimum absolute atomic E-state index is 0.209. The number of nitrogens with two attached hydrogens (primary N) is 1. The summed E-state index contributed by atoms with van der Waals surface area (Å²) >= 11 is 0. The molecule has 3 N–H and O–H groups in total. The van der Waals surface area contributed by atoms with Crippen molar-refractivity contribution in [1.82, 2.24) is 0 Å². The number of aliphatic hydroxyl groups excluding tert-OH is 1. The van der Waals surface area contributed by atoms with E-state index in [1.807, 2.05) is 12.1 Å². The second kappa shape index (κ2) is 5.52. The summed E-state index contributed by atoms with van der Waals surface area (Å²) in [5, 5.41) is 10.1. The molecule has 2 atom stereocenters. The van der Waals surface area contributed by atoms with E-state index in [9.17, 15) is 5.11 Å². The topological polar surface area (TPSA) is 49.5 Å². The summed E-state index contributed by atoms with van der Waals surface area (Å²) in [5.74, 6) is 0. The molecule has 3 nitrogen and oxygen atoms in total. The van der Waals surface area contributed by atoms with Crippen molar-refractivity contribution in [1.29, 1.82) is 0 Å². The monoisotopic (exact) mass is 234 g/mol. The van der Waals surface area contributed by atoms with Gasteiger partial charge in [0.1, 0.15) is 0 Å². The SMILES string of the molecule is CN(c1ccccc1CN)C1CCCCC1O. The first-order valence-electron chi connectivity index (χ1n) is 6.43. The number of rotatable bonds is 3. The van der Waals surface area contributed by atoms with Crippen molar-refractivity contribution in [2.24, 2.45) is 5.73 Å². The van der Waals surface area contributed by atoms with Gasteiger partial charge in [0.05, 0.1) is 12.1 Å². The van der Waals surface area contributed by atoms with E-state index in [0.29, 0.717) is 6.54 Å². The molecule has 1 aromatic rings. The first-order valence-corrected chi connectivity index (χ1v) is 6.43. The van der Waals surface area contributed by atoms with Crippen LogP contribution in [-0.4, -0.2) is 24.3 Å². The predicted molar refractivity (Wildman–Crippen MR) is 71.0 cm³/mol. The Morgan fingerprint density at radius 1 is 1.29 bits per heavy atom. The van der Waals surface area contributed by atoms with E-state index in [2.05, 4.69) is 24.1 Å². The molecule has 1 saturated carbocycles. The maximum atomic E-state index is 10.1. The van der Waals surface area contributed by atoms with Crippen LogP contribution in [0.4, 0.5) is 5.69 Å². The molecule has 0 saturated heterocycles. The second-order valence-corrected chi connectivity index (χ2v) is 4.86. The molecule has 0 radical (unpaired) electrons. The number of benzene rings is 1. The second-order valence-electron chi connectivity index (χ2n) is 4.86. The Balaban J connectivity index is 2.20. The third-order valence-electron chi connectivity index (χ3n) is 3.78. The number of aliphatic hydroxyl groups is 1. The molecule has 1 aliphatic rings. The predicted octanol–water partition coefficient (Wildman–Crippen LogP) is 1.89. The fraction of sp³-hybridized carbons (Fsp3) is 0.571. The maximum Gasteiger partial charge on any atom is 0.0743 e. The number of nitrogens with zero attached hydrogens (tertiary/aromatic N) is 1. The van der Waals surface area contributed by atoms with Gasteiger partial charge in [0.15, 0.2) is 0 Å². The molecule has 1 aliphatic carbocycles. The smallest absolute Gasteiger partial charge is 0.0743 e. The van der Waals surface area contributed by atoms with E-state index >= 15 is 0 Å². The lowest BCUT2D eigenvalue weighted by Crippen LogP contribution is -2.43. The van der Waals surface area contributed by atoms with Gasteiger partial charge in [-0.1, -0.05) is 31.0 Å². The lowest BCUT2D eigenvalue weighted by Gasteiger charge is -2.37. The van der Waals surface area contributed by atoms with Crippen molar-refractivity contribution >= 4 is 5.69 Å². The summed E-state index contributed by atoms with van der Waals surface area (Å²) in [6.45, 7) is 0.545. The highest BCUT2D eigenvalue weighted by molar-refractivity contribution is 5.54. The van der Waals surface area contributed by atoms with Crippen molar-refractivity contribution in [3.8, 4) is 0 Å². The van der Waals surface area contributed by atoms with Crippen LogP contribution >= 0.6 is 0 Å². The molecule has 2 rings (SSSR count). The summed E-state index contributed by atoms with van der Waals surface area (Å²) in [6.07, 6.45) is 4.12. The van der Waals surface area contributed by atoms with Crippen LogP contribution in [0.5, 0.6) is 0 Å². The molecule has 0 heterocycles. The zero-order chi connectivity index (χ0) is 12.3. The highest BCUT2D eigenvalue weighted by Gasteiger charge is 2.27. The normalized spacial score (nSPS) is 24.6. The Labute approximate surface area is 103 Å². The number of likely N-dealkylation sites (N-methyl/N-ethyl adjacent to an activating group) is 1. The van der Waals surface area contributed by atoms with Gasteiger partial charge in [0.25, 0.3) is 0 Å². The van der Waals surface area contributed by atoms with Crippen LogP contribution in [0.3, 0.4) is 0 Å². The average molecular weight is 234 g/mol. The van der Waals surface area contributed by atoms with Crippen LogP contribution in [0.15, 0.2) is 24.3 Å². The lowest BCUT2D eigenvalue weighted by molar-refractivity contribution is 0.106. The number of para-hydroxylation sites is 1. The van der Waals surface area contributed by atoms with Gasteiger partial charge in [-0.15, -0.1) is 0 Å². The average Bonchev–Trinajstić information content (AvgIpc) is 2.38. The van der Waals surface area contributed by atoms with Crippen LogP contribution in [0.1, 0.15) is 31.2 Å². The van der Waals surface area contributed by atoms with Crippen LogP contribution < -0.4 is 10.6 Å². The molecular formula is C14H22N2O. The summed E-state index contributed by atoms with van der Waals surface area (Å²) < 4.78 is 0. The minimum atomic E-state index is -0.209. The molecule has 0 amide bonds. The molecule has 17 heavy (non-hydrogen) atoms. The quantitative estimate of drug-likeness (QED) is 0.839. The third-order valence-corrected chi connectivity index (χ3v) is 3.78. The van der Waals surface area contributed by atoms with E-state index in [1.54, 1.807) is 0 Å². The Hall–Kier alpha value is -1.06. The molecule has 3 heteroatoms. The zero-order valence-corrected chi connectivity index (χ0v) is 10.5. The molecule has 1 fully saturated rings. The first kappa shape index (κ1) is 12.4. The van der Waals surface area contributed by atoms with E-state index < -0.39 is 0 Å². The summed E-state index contributed by atoms with van der Waals surface area (Å²) in [5.41, 5.74) is 8.06. The minimum Gasteiger partial charge on any atom is -0.391 e. The summed E-state index contributed by atoms with van der Waals surface area (Å²) in [6, 6.07) is 8.41.